The Morgan fingerprint density at radius 3 is 2.96 bits per heavy atom. The molecule has 0 aromatic carbocycles. The number of nitrogens with one attached hydrogen (secondary N) is 1. The van der Waals surface area contributed by atoms with Crippen LogP contribution in [0.2, 0.25) is 0 Å². The molecule has 2 aromatic heterocycles. The van der Waals surface area contributed by atoms with Gasteiger partial charge in [0.25, 0.3) is 0 Å². The summed E-state index contributed by atoms with van der Waals surface area (Å²) in [4.78, 5) is 10.8. The molecule has 3 rings (SSSR count). The summed E-state index contributed by atoms with van der Waals surface area (Å²) in [5, 5.41) is 4.33. The number of nitrogens with zero attached hydrogens (tertiary/aromatic N) is 3. The number of aryl methyl sites for hydroxylation is 2. The van der Waals surface area contributed by atoms with E-state index in [2.05, 4.69) is 29.1 Å². The lowest BCUT2D eigenvalue weighted by molar-refractivity contribution is 0.00702. The quantitative estimate of drug-likeness (QED) is 0.891. The second kappa shape index (κ2) is 6.31. The Morgan fingerprint density at radius 2 is 2.22 bits per heavy atom. The van der Waals surface area contributed by atoms with Crippen molar-refractivity contribution in [2.75, 3.05) is 37.8 Å². The summed E-state index contributed by atoms with van der Waals surface area (Å²) in [6, 6.07) is 0. The van der Waals surface area contributed by atoms with Gasteiger partial charge in [-0.1, -0.05) is 0 Å². The second-order valence-corrected chi connectivity index (χ2v) is 8.87. The molecule has 3 heterocycles. The third-order valence-electron chi connectivity index (χ3n) is 4.03. The van der Waals surface area contributed by atoms with E-state index in [-0.39, 0.29) is 6.10 Å². The Hall–Kier alpha value is -1.29. The van der Waals surface area contributed by atoms with Crippen molar-refractivity contribution < 1.29 is 13.2 Å². The number of fused-ring (bicyclic) bond motifs is 1. The Kier molecular flexibility index (Phi) is 4.54. The molecule has 2 aromatic rings. The minimum absolute atomic E-state index is 0.191. The van der Waals surface area contributed by atoms with Crippen LogP contribution in [0, 0.1) is 13.8 Å². The van der Waals surface area contributed by atoms with Crippen molar-refractivity contribution in [3.05, 3.63) is 16.8 Å². The van der Waals surface area contributed by atoms with Crippen LogP contribution in [0.25, 0.3) is 10.2 Å². The molecule has 0 radical (unpaired) electrons. The van der Waals surface area contributed by atoms with Gasteiger partial charge in [0.15, 0.2) is 0 Å². The van der Waals surface area contributed by atoms with Gasteiger partial charge in [-0.05, 0) is 19.4 Å². The molecule has 1 aliphatic rings. The Labute approximate surface area is 139 Å². The Bertz CT molecular complexity index is 819. The van der Waals surface area contributed by atoms with Gasteiger partial charge in [0.2, 0.25) is 10.0 Å². The number of rotatable bonds is 4. The first-order valence-corrected chi connectivity index (χ1v) is 10.0. The number of aromatic nitrogens is 2. The van der Waals surface area contributed by atoms with Gasteiger partial charge in [0.1, 0.15) is 17.0 Å². The van der Waals surface area contributed by atoms with Crippen molar-refractivity contribution in [1.29, 1.82) is 0 Å². The van der Waals surface area contributed by atoms with E-state index >= 15 is 0 Å². The van der Waals surface area contributed by atoms with E-state index in [1.165, 1.54) is 21.0 Å². The topological polar surface area (TPSA) is 84.4 Å². The first kappa shape index (κ1) is 16.6. The fourth-order valence-electron chi connectivity index (χ4n) is 2.64. The fraction of sp³-hybridized carbons (Fsp3) is 0.571. The van der Waals surface area contributed by atoms with E-state index in [0.717, 1.165) is 16.0 Å². The maximum Gasteiger partial charge on any atom is 0.211 e. The molecule has 126 valence electrons. The van der Waals surface area contributed by atoms with Gasteiger partial charge in [0.05, 0.1) is 24.4 Å². The van der Waals surface area contributed by atoms with Crippen molar-refractivity contribution in [2.45, 2.75) is 20.0 Å². The number of hydrogen-bond donors (Lipinski definition) is 1. The molecule has 1 atom stereocenters. The number of hydrogen-bond acceptors (Lipinski definition) is 7. The normalized spacial score (nSPS) is 20.0. The van der Waals surface area contributed by atoms with Crippen LogP contribution >= 0.6 is 11.3 Å². The lowest BCUT2D eigenvalue weighted by atomic mass is 10.2. The zero-order chi connectivity index (χ0) is 16.6. The van der Waals surface area contributed by atoms with Crippen LogP contribution in [-0.4, -0.2) is 61.3 Å². The summed E-state index contributed by atoms with van der Waals surface area (Å²) in [5.74, 6) is 0.775. The molecule has 0 saturated carbocycles. The van der Waals surface area contributed by atoms with E-state index in [4.69, 9.17) is 4.74 Å². The molecule has 23 heavy (non-hydrogen) atoms. The molecule has 0 spiro atoms. The smallest absolute Gasteiger partial charge is 0.211 e. The fourth-order valence-corrected chi connectivity index (χ4v) is 4.48. The number of morpholine rings is 1. The number of ether oxygens (including phenoxy) is 1. The molecule has 9 heteroatoms. The number of sulfonamides is 1. The predicted octanol–water partition coefficient (Wildman–Crippen LogP) is 1.38. The maximum atomic E-state index is 11.7. The van der Waals surface area contributed by atoms with Crippen LogP contribution < -0.4 is 5.32 Å². The molecule has 1 saturated heterocycles. The zero-order valence-corrected chi connectivity index (χ0v) is 15.0. The van der Waals surface area contributed by atoms with Gasteiger partial charge < -0.3 is 10.1 Å². The molecule has 0 aliphatic carbocycles. The largest absolute Gasteiger partial charge is 0.374 e. The van der Waals surface area contributed by atoms with Crippen molar-refractivity contribution in [3.8, 4) is 0 Å². The van der Waals surface area contributed by atoms with Gasteiger partial charge in [-0.25, -0.2) is 18.4 Å². The van der Waals surface area contributed by atoms with Gasteiger partial charge in [-0.3, -0.25) is 0 Å². The van der Waals surface area contributed by atoms with Crippen LogP contribution in [-0.2, 0) is 14.8 Å². The zero-order valence-electron chi connectivity index (χ0n) is 13.4. The first-order chi connectivity index (χ1) is 10.9. The van der Waals surface area contributed by atoms with Crippen LogP contribution in [0.5, 0.6) is 0 Å². The average Bonchev–Trinajstić information content (AvgIpc) is 2.80. The molecular formula is C14H20N4O3S2. The van der Waals surface area contributed by atoms with Crippen LogP contribution in [0.3, 0.4) is 0 Å². The number of thiophene rings is 1. The van der Waals surface area contributed by atoms with Gasteiger partial charge in [-0.2, -0.15) is 4.31 Å². The summed E-state index contributed by atoms with van der Waals surface area (Å²) in [6.07, 6.45) is 2.59. The van der Waals surface area contributed by atoms with Gasteiger partial charge in [0, 0.05) is 24.5 Å². The second-order valence-electron chi connectivity index (χ2n) is 5.68. The summed E-state index contributed by atoms with van der Waals surface area (Å²) in [7, 11) is -3.18. The monoisotopic (exact) mass is 356 g/mol. The SMILES string of the molecule is Cc1sc2ncnc(NC[C@H]3CN(S(C)(=O)=O)CCO3)c2c1C. The van der Waals surface area contributed by atoms with E-state index in [9.17, 15) is 8.42 Å². The highest BCUT2D eigenvalue weighted by Crippen LogP contribution is 2.32. The van der Waals surface area contributed by atoms with Gasteiger partial charge in [-0.15, -0.1) is 11.3 Å². The van der Waals surface area contributed by atoms with Crippen molar-refractivity contribution in [2.24, 2.45) is 0 Å². The van der Waals surface area contributed by atoms with Crippen LogP contribution in [0.4, 0.5) is 5.82 Å². The molecule has 0 amide bonds. The van der Waals surface area contributed by atoms with E-state index in [1.807, 2.05) is 0 Å². The molecule has 7 nitrogen and oxygen atoms in total. The predicted molar refractivity (Wildman–Crippen MR) is 91.5 cm³/mol. The highest BCUT2D eigenvalue weighted by molar-refractivity contribution is 7.88. The van der Waals surface area contributed by atoms with E-state index in [0.29, 0.717) is 26.2 Å². The molecular weight excluding hydrogens is 336 g/mol. The third kappa shape index (κ3) is 3.47. The van der Waals surface area contributed by atoms with Crippen molar-refractivity contribution >= 4 is 37.4 Å². The standard InChI is InChI=1S/C14H20N4O3S2/c1-9-10(2)22-14-12(9)13(16-8-17-14)15-6-11-7-18(4-5-21-11)23(3,19)20/h8,11H,4-7H2,1-3H3,(H,15,16,17)/t11-/m0/s1. The first-order valence-electron chi connectivity index (χ1n) is 7.37. The van der Waals surface area contributed by atoms with Gasteiger partial charge >= 0.3 is 0 Å². The highest BCUT2D eigenvalue weighted by atomic mass is 32.2. The van der Waals surface area contributed by atoms with E-state index < -0.39 is 10.0 Å². The molecule has 0 bridgehead atoms. The molecule has 1 aliphatic heterocycles. The number of anilines is 1. The summed E-state index contributed by atoms with van der Waals surface area (Å²) < 4.78 is 30.4. The Morgan fingerprint density at radius 1 is 1.43 bits per heavy atom. The van der Waals surface area contributed by atoms with E-state index in [1.54, 1.807) is 17.7 Å². The lowest BCUT2D eigenvalue weighted by Crippen LogP contribution is -2.47. The Balaban J connectivity index is 1.74. The molecule has 1 N–H and O–H groups in total. The molecule has 1 fully saturated rings. The average molecular weight is 356 g/mol. The third-order valence-corrected chi connectivity index (χ3v) is 6.42. The summed E-state index contributed by atoms with van der Waals surface area (Å²) in [5.41, 5.74) is 1.18. The lowest BCUT2D eigenvalue weighted by Gasteiger charge is -2.31. The minimum atomic E-state index is -3.18. The maximum absolute atomic E-state index is 11.7. The summed E-state index contributed by atoms with van der Waals surface area (Å²) >= 11 is 1.65. The highest BCUT2D eigenvalue weighted by Gasteiger charge is 2.26. The van der Waals surface area contributed by atoms with Crippen molar-refractivity contribution in [1.82, 2.24) is 14.3 Å². The van der Waals surface area contributed by atoms with Crippen LogP contribution in [0.1, 0.15) is 10.4 Å². The molecule has 0 unspecified atom stereocenters. The summed E-state index contributed by atoms with van der Waals surface area (Å²) in [6.45, 7) is 5.82. The van der Waals surface area contributed by atoms with Crippen LogP contribution in [0.15, 0.2) is 6.33 Å². The minimum Gasteiger partial charge on any atom is -0.374 e. The van der Waals surface area contributed by atoms with Crippen molar-refractivity contribution in [3.63, 3.8) is 0 Å².